The first-order valence-electron chi connectivity index (χ1n) is 4.44. The lowest BCUT2D eigenvalue weighted by Crippen LogP contribution is -2.24. The number of hydrogen-bond acceptors (Lipinski definition) is 4. The first kappa shape index (κ1) is 12.7. The number of carboxylic acid groups (broad SMARTS) is 1. The molecule has 80 valence electrons. The number of esters is 1. The Bertz CT molecular complexity index is 241. The molecular weight excluding hydrogens is 184 g/mol. The van der Waals surface area contributed by atoms with Gasteiger partial charge in [0.05, 0.1) is 7.11 Å². The Morgan fingerprint density at radius 1 is 1.43 bits per heavy atom. The molecule has 4 heteroatoms. The average Bonchev–Trinajstić information content (AvgIpc) is 2.10. The van der Waals surface area contributed by atoms with Gasteiger partial charge in [-0.05, 0) is 12.3 Å². The van der Waals surface area contributed by atoms with E-state index in [4.69, 9.17) is 0 Å². The van der Waals surface area contributed by atoms with Gasteiger partial charge in [-0.15, -0.1) is 0 Å². The molecule has 0 aromatic heterocycles. The summed E-state index contributed by atoms with van der Waals surface area (Å²) in [5.41, 5.74) is 0.154. The number of methoxy groups -OCH3 is 1. The largest absolute Gasteiger partial charge is 0.550 e. The Morgan fingerprint density at radius 3 is 2.36 bits per heavy atom. The molecule has 0 rings (SSSR count). The van der Waals surface area contributed by atoms with Gasteiger partial charge in [0, 0.05) is 18.0 Å². The zero-order valence-electron chi connectivity index (χ0n) is 8.70. The third-order valence-corrected chi connectivity index (χ3v) is 1.62. The Kier molecular flexibility index (Phi) is 5.60. The summed E-state index contributed by atoms with van der Waals surface area (Å²) in [6.45, 7) is 3.95. The van der Waals surface area contributed by atoms with Crippen LogP contribution in [0.3, 0.4) is 0 Å². The van der Waals surface area contributed by atoms with Crippen LogP contribution in [0.5, 0.6) is 0 Å². The van der Waals surface area contributed by atoms with E-state index in [0.717, 1.165) is 0 Å². The van der Waals surface area contributed by atoms with Gasteiger partial charge in [0.2, 0.25) is 0 Å². The van der Waals surface area contributed by atoms with Gasteiger partial charge in [-0.25, -0.2) is 4.79 Å². The van der Waals surface area contributed by atoms with Crippen molar-refractivity contribution in [3.63, 3.8) is 0 Å². The molecule has 0 atom stereocenters. The van der Waals surface area contributed by atoms with Gasteiger partial charge >= 0.3 is 5.97 Å². The lowest BCUT2D eigenvalue weighted by molar-refractivity contribution is -0.304. The highest BCUT2D eigenvalue weighted by Crippen LogP contribution is 2.09. The van der Waals surface area contributed by atoms with Crippen molar-refractivity contribution in [2.24, 2.45) is 5.92 Å². The maximum absolute atomic E-state index is 11.1. The van der Waals surface area contributed by atoms with Gasteiger partial charge in [0.25, 0.3) is 0 Å². The van der Waals surface area contributed by atoms with E-state index in [0.29, 0.717) is 12.3 Å². The fourth-order valence-electron chi connectivity index (χ4n) is 0.892. The highest BCUT2D eigenvalue weighted by atomic mass is 16.5. The maximum Gasteiger partial charge on any atom is 0.333 e. The molecule has 0 spiro atoms. The van der Waals surface area contributed by atoms with E-state index in [1.54, 1.807) is 6.08 Å². The van der Waals surface area contributed by atoms with Crippen LogP contribution in [-0.2, 0) is 14.3 Å². The molecule has 0 fully saturated rings. The summed E-state index contributed by atoms with van der Waals surface area (Å²) in [5.74, 6) is -1.50. The Hall–Kier alpha value is -1.32. The molecule has 4 nitrogen and oxygen atoms in total. The van der Waals surface area contributed by atoms with Gasteiger partial charge in [0.1, 0.15) is 0 Å². The third-order valence-electron chi connectivity index (χ3n) is 1.62. The number of aliphatic carboxylic acids is 1. The molecule has 0 bridgehead atoms. The van der Waals surface area contributed by atoms with Crippen LogP contribution in [0.25, 0.3) is 0 Å². The fourth-order valence-corrected chi connectivity index (χ4v) is 0.892. The summed E-state index contributed by atoms with van der Waals surface area (Å²) >= 11 is 0. The van der Waals surface area contributed by atoms with E-state index in [9.17, 15) is 14.7 Å². The molecule has 0 aromatic carbocycles. The van der Waals surface area contributed by atoms with E-state index in [1.165, 1.54) is 7.11 Å². The zero-order chi connectivity index (χ0) is 11.1. The van der Waals surface area contributed by atoms with E-state index in [-0.39, 0.29) is 12.0 Å². The summed E-state index contributed by atoms with van der Waals surface area (Å²) in [7, 11) is 1.22. The molecular formula is C10H15O4-. The second-order valence-electron chi connectivity index (χ2n) is 3.40. The van der Waals surface area contributed by atoms with Crippen LogP contribution in [0.2, 0.25) is 0 Å². The lowest BCUT2D eigenvalue weighted by Gasteiger charge is -2.07. The molecule has 0 heterocycles. The highest BCUT2D eigenvalue weighted by Gasteiger charge is 2.09. The summed E-state index contributed by atoms with van der Waals surface area (Å²) < 4.78 is 4.45. The smallest absolute Gasteiger partial charge is 0.333 e. The van der Waals surface area contributed by atoms with Crippen molar-refractivity contribution in [2.45, 2.75) is 26.7 Å². The zero-order valence-corrected chi connectivity index (χ0v) is 8.70. The SMILES string of the molecule is COC(=O)C(=CCC(C)C)CC(=O)[O-]. The molecule has 0 aromatic rings. The van der Waals surface area contributed by atoms with E-state index in [1.807, 2.05) is 13.8 Å². The number of hydrogen-bond donors (Lipinski definition) is 0. The number of carbonyl (C=O) groups excluding carboxylic acids is 2. The Labute approximate surface area is 83.6 Å². The van der Waals surface area contributed by atoms with Gasteiger partial charge in [0.15, 0.2) is 0 Å². The summed E-state index contributed by atoms with van der Waals surface area (Å²) in [6, 6.07) is 0. The third kappa shape index (κ3) is 5.35. The first-order chi connectivity index (χ1) is 6.47. The minimum Gasteiger partial charge on any atom is -0.550 e. The number of ether oxygens (including phenoxy) is 1. The van der Waals surface area contributed by atoms with Crippen LogP contribution in [0.15, 0.2) is 11.6 Å². The molecule has 0 aliphatic heterocycles. The molecule has 0 unspecified atom stereocenters. The molecule has 0 aliphatic carbocycles. The molecule has 0 aliphatic rings. The van der Waals surface area contributed by atoms with Crippen molar-refractivity contribution in [1.29, 1.82) is 0 Å². The lowest BCUT2D eigenvalue weighted by atomic mass is 10.1. The monoisotopic (exact) mass is 199 g/mol. The predicted molar refractivity (Wildman–Crippen MR) is 49.2 cm³/mol. The van der Waals surface area contributed by atoms with Crippen LogP contribution < -0.4 is 5.11 Å². The average molecular weight is 199 g/mol. The fraction of sp³-hybridized carbons (Fsp3) is 0.600. The predicted octanol–water partition coefficient (Wildman–Crippen LogP) is 0.272. The summed E-state index contributed by atoms with van der Waals surface area (Å²) in [5, 5.41) is 10.3. The normalized spacial score (nSPS) is 11.6. The van der Waals surface area contributed by atoms with Crippen LogP contribution in [0, 0.1) is 5.92 Å². The van der Waals surface area contributed by atoms with Gasteiger partial charge in [-0.3, -0.25) is 0 Å². The molecule has 0 saturated carbocycles. The van der Waals surface area contributed by atoms with Crippen LogP contribution in [0.4, 0.5) is 0 Å². The van der Waals surface area contributed by atoms with Gasteiger partial charge in [-0.1, -0.05) is 19.9 Å². The minimum atomic E-state index is -1.27. The van der Waals surface area contributed by atoms with Gasteiger partial charge < -0.3 is 14.6 Å². The molecule has 0 radical (unpaired) electrons. The van der Waals surface area contributed by atoms with Crippen molar-refractivity contribution in [3.05, 3.63) is 11.6 Å². The topological polar surface area (TPSA) is 66.4 Å². The number of rotatable bonds is 5. The summed E-state index contributed by atoms with van der Waals surface area (Å²) in [4.78, 5) is 21.4. The standard InChI is InChI=1S/C10H16O4/c1-7(2)4-5-8(6-9(11)12)10(13)14-3/h5,7H,4,6H2,1-3H3,(H,11,12)/p-1. The molecule has 0 saturated heterocycles. The maximum atomic E-state index is 11.1. The second-order valence-corrected chi connectivity index (χ2v) is 3.40. The van der Waals surface area contributed by atoms with E-state index < -0.39 is 11.9 Å². The van der Waals surface area contributed by atoms with Crippen LogP contribution in [0.1, 0.15) is 26.7 Å². The van der Waals surface area contributed by atoms with Crippen molar-refractivity contribution >= 4 is 11.9 Å². The highest BCUT2D eigenvalue weighted by molar-refractivity contribution is 5.92. The van der Waals surface area contributed by atoms with Crippen LogP contribution >= 0.6 is 0 Å². The van der Waals surface area contributed by atoms with Crippen LogP contribution in [-0.4, -0.2) is 19.0 Å². The molecule has 14 heavy (non-hydrogen) atoms. The molecule has 0 amide bonds. The van der Waals surface area contributed by atoms with E-state index in [2.05, 4.69) is 4.74 Å². The van der Waals surface area contributed by atoms with Crippen molar-refractivity contribution in [3.8, 4) is 0 Å². The number of carboxylic acids is 1. The van der Waals surface area contributed by atoms with Crippen molar-refractivity contribution < 1.29 is 19.4 Å². The Morgan fingerprint density at radius 2 is 2.00 bits per heavy atom. The second kappa shape index (κ2) is 6.18. The number of allylic oxidation sites excluding steroid dienone is 1. The Balaban J connectivity index is 4.45. The first-order valence-corrected chi connectivity index (χ1v) is 4.44. The van der Waals surface area contributed by atoms with Crippen molar-refractivity contribution in [2.75, 3.05) is 7.11 Å². The minimum absolute atomic E-state index is 0.154. The number of carbonyl (C=O) groups is 2. The van der Waals surface area contributed by atoms with Gasteiger partial charge in [-0.2, -0.15) is 0 Å². The molecule has 0 N–H and O–H groups in total. The van der Waals surface area contributed by atoms with E-state index >= 15 is 0 Å². The quantitative estimate of drug-likeness (QED) is 0.471. The summed E-state index contributed by atoms with van der Waals surface area (Å²) in [6.07, 6.45) is 1.85. The van der Waals surface area contributed by atoms with Crippen molar-refractivity contribution in [1.82, 2.24) is 0 Å².